The van der Waals surface area contributed by atoms with E-state index in [2.05, 4.69) is 4.98 Å². The highest BCUT2D eigenvalue weighted by Gasteiger charge is 2.05. The van der Waals surface area contributed by atoms with Crippen LogP contribution in [-0.4, -0.2) is 28.4 Å². The van der Waals surface area contributed by atoms with Gasteiger partial charge in [0.1, 0.15) is 0 Å². The Kier molecular flexibility index (Phi) is 3.61. The number of hydrogen-bond donors (Lipinski definition) is 2. The van der Waals surface area contributed by atoms with E-state index in [1.165, 1.54) is 13.3 Å². The average molecular weight is 200 g/mol. The summed E-state index contributed by atoms with van der Waals surface area (Å²) in [4.78, 5) is 25.0. The fourth-order valence-corrected chi connectivity index (χ4v) is 1.05. The van der Waals surface area contributed by atoms with E-state index in [0.29, 0.717) is 0 Å². The van der Waals surface area contributed by atoms with Gasteiger partial charge < -0.3 is 14.8 Å². The molecule has 0 atom stereocenters. The number of aromatic nitrogens is 2. The van der Waals surface area contributed by atoms with Crippen molar-refractivity contribution in [1.29, 1.82) is 0 Å². The molecule has 1 aromatic rings. The molecule has 1 aromatic heterocycles. The van der Waals surface area contributed by atoms with Crippen LogP contribution in [0.2, 0.25) is 0 Å². The minimum atomic E-state index is -0.496. The molecule has 6 nitrogen and oxygen atoms in total. The molecule has 0 saturated carbocycles. The minimum Gasteiger partial charge on any atom is -0.391 e. The van der Waals surface area contributed by atoms with Gasteiger partial charge in [-0.2, -0.15) is 0 Å². The van der Waals surface area contributed by atoms with E-state index < -0.39 is 11.2 Å². The third kappa shape index (κ3) is 2.09. The first-order valence-electron chi connectivity index (χ1n) is 4.12. The van der Waals surface area contributed by atoms with E-state index in [9.17, 15) is 9.59 Å². The lowest BCUT2D eigenvalue weighted by Crippen LogP contribution is -2.37. The van der Waals surface area contributed by atoms with Crippen molar-refractivity contribution in [3.8, 4) is 0 Å². The summed E-state index contributed by atoms with van der Waals surface area (Å²) >= 11 is 0. The van der Waals surface area contributed by atoms with Crippen LogP contribution in [-0.2, 0) is 17.9 Å². The van der Waals surface area contributed by atoms with Gasteiger partial charge in [-0.1, -0.05) is 0 Å². The van der Waals surface area contributed by atoms with Gasteiger partial charge in [-0.15, -0.1) is 0 Å². The molecular formula is C8H12N2O4. The Bertz CT molecular complexity index is 407. The predicted octanol–water partition coefficient (Wildman–Crippen LogP) is -1.32. The van der Waals surface area contributed by atoms with Gasteiger partial charge in [0, 0.05) is 13.3 Å². The monoisotopic (exact) mass is 200 g/mol. The summed E-state index contributed by atoms with van der Waals surface area (Å²) in [7, 11) is 1.48. The van der Waals surface area contributed by atoms with Crippen LogP contribution in [0.4, 0.5) is 0 Å². The first-order chi connectivity index (χ1) is 6.70. The van der Waals surface area contributed by atoms with E-state index >= 15 is 0 Å². The van der Waals surface area contributed by atoms with Gasteiger partial charge in [0.05, 0.1) is 25.3 Å². The second-order valence-electron chi connectivity index (χ2n) is 2.73. The lowest BCUT2D eigenvalue weighted by Gasteiger charge is -2.04. The highest BCUT2D eigenvalue weighted by atomic mass is 16.5. The fourth-order valence-electron chi connectivity index (χ4n) is 1.05. The maximum Gasteiger partial charge on any atom is 0.328 e. The maximum atomic E-state index is 11.5. The summed E-state index contributed by atoms with van der Waals surface area (Å²) in [6.07, 6.45) is 1.22. The van der Waals surface area contributed by atoms with Gasteiger partial charge in [0.15, 0.2) is 0 Å². The van der Waals surface area contributed by atoms with Crippen LogP contribution in [0.5, 0.6) is 0 Å². The molecule has 0 aliphatic rings. The number of hydrogen-bond acceptors (Lipinski definition) is 4. The molecule has 0 aromatic carbocycles. The third-order valence-electron chi connectivity index (χ3n) is 1.82. The van der Waals surface area contributed by atoms with Crippen LogP contribution in [0, 0.1) is 0 Å². The standard InChI is InChI=1S/C8H12N2O4/c1-14-3-2-10-7(12)6(5-11)4-9-8(10)13/h4,11H,2-3,5H2,1H3,(H,9,13). The van der Waals surface area contributed by atoms with E-state index in [1.54, 1.807) is 0 Å². The van der Waals surface area contributed by atoms with Crippen molar-refractivity contribution in [3.63, 3.8) is 0 Å². The summed E-state index contributed by atoms with van der Waals surface area (Å²) in [5, 5.41) is 8.79. The smallest absolute Gasteiger partial charge is 0.328 e. The number of aliphatic hydroxyl groups excluding tert-OH is 1. The summed E-state index contributed by atoms with van der Waals surface area (Å²) in [6, 6.07) is 0. The van der Waals surface area contributed by atoms with Gasteiger partial charge in [0.25, 0.3) is 5.56 Å². The Labute approximate surface area is 79.8 Å². The number of nitrogens with one attached hydrogen (secondary N) is 1. The number of aromatic amines is 1. The Morgan fingerprint density at radius 3 is 2.86 bits per heavy atom. The Balaban J connectivity index is 3.13. The fraction of sp³-hybridized carbons (Fsp3) is 0.500. The Hall–Kier alpha value is -1.40. The average Bonchev–Trinajstić information content (AvgIpc) is 2.18. The van der Waals surface area contributed by atoms with Gasteiger partial charge >= 0.3 is 5.69 Å². The molecule has 1 rings (SSSR count). The Morgan fingerprint density at radius 2 is 2.29 bits per heavy atom. The van der Waals surface area contributed by atoms with Crippen LogP contribution in [0.3, 0.4) is 0 Å². The molecule has 0 radical (unpaired) electrons. The van der Waals surface area contributed by atoms with Crippen molar-refractivity contribution in [3.05, 3.63) is 32.6 Å². The number of methoxy groups -OCH3 is 1. The SMILES string of the molecule is COCCn1c(=O)[nH]cc(CO)c1=O. The van der Waals surface area contributed by atoms with E-state index in [-0.39, 0.29) is 25.3 Å². The highest BCUT2D eigenvalue weighted by Crippen LogP contribution is 1.84. The molecule has 0 unspecified atom stereocenters. The quantitative estimate of drug-likeness (QED) is 0.631. The first kappa shape index (κ1) is 10.7. The van der Waals surface area contributed by atoms with Crippen LogP contribution in [0.1, 0.15) is 5.56 Å². The third-order valence-corrected chi connectivity index (χ3v) is 1.82. The number of ether oxygens (including phenoxy) is 1. The van der Waals surface area contributed by atoms with Gasteiger partial charge in [-0.05, 0) is 0 Å². The zero-order chi connectivity index (χ0) is 10.6. The van der Waals surface area contributed by atoms with Crippen molar-refractivity contribution >= 4 is 0 Å². The normalized spacial score (nSPS) is 10.4. The van der Waals surface area contributed by atoms with Crippen LogP contribution >= 0.6 is 0 Å². The maximum absolute atomic E-state index is 11.5. The summed E-state index contributed by atoms with van der Waals surface area (Å²) in [5.41, 5.74) is -0.807. The number of nitrogens with zero attached hydrogens (tertiary/aromatic N) is 1. The van der Waals surface area contributed by atoms with Gasteiger partial charge in [-0.3, -0.25) is 9.36 Å². The van der Waals surface area contributed by atoms with Crippen LogP contribution in [0.25, 0.3) is 0 Å². The number of aliphatic hydroxyl groups is 1. The van der Waals surface area contributed by atoms with Gasteiger partial charge in [-0.25, -0.2) is 4.79 Å². The Morgan fingerprint density at radius 1 is 1.57 bits per heavy atom. The molecule has 1 heterocycles. The van der Waals surface area contributed by atoms with Crippen molar-refractivity contribution in [2.45, 2.75) is 13.2 Å². The molecule has 0 aliphatic carbocycles. The number of rotatable bonds is 4. The summed E-state index contributed by atoms with van der Waals surface area (Å²) in [5.74, 6) is 0. The van der Waals surface area contributed by atoms with E-state index in [0.717, 1.165) is 4.57 Å². The zero-order valence-corrected chi connectivity index (χ0v) is 7.82. The molecule has 2 N–H and O–H groups in total. The molecule has 0 spiro atoms. The molecule has 0 aliphatic heterocycles. The zero-order valence-electron chi connectivity index (χ0n) is 7.82. The minimum absolute atomic E-state index is 0.167. The molecule has 0 fully saturated rings. The highest BCUT2D eigenvalue weighted by molar-refractivity contribution is 5.02. The predicted molar refractivity (Wildman–Crippen MR) is 49.1 cm³/mol. The summed E-state index contributed by atoms with van der Waals surface area (Å²) in [6.45, 7) is 0.0684. The molecule has 0 saturated heterocycles. The molecule has 14 heavy (non-hydrogen) atoms. The summed E-state index contributed by atoms with van der Waals surface area (Å²) < 4.78 is 5.75. The molecule has 0 bridgehead atoms. The van der Waals surface area contributed by atoms with E-state index in [1.807, 2.05) is 0 Å². The van der Waals surface area contributed by atoms with Crippen molar-refractivity contribution in [1.82, 2.24) is 9.55 Å². The van der Waals surface area contributed by atoms with Crippen LogP contribution in [0.15, 0.2) is 15.8 Å². The van der Waals surface area contributed by atoms with E-state index in [4.69, 9.17) is 9.84 Å². The molecule has 0 amide bonds. The van der Waals surface area contributed by atoms with Crippen molar-refractivity contribution in [2.24, 2.45) is 0 Å². The topological polar surface area (TPSA) is 84.3 Å². The van der Waals surface area contributed by atoms with Crippen LogP contribution < -0.4 is 11.2 Å². The second-order valence-corrected chi connectivity index (χ2v) is 2.73. The molecule has 78 valence electrons. The molecular weight excluding hydrogens is 188 g/mol. The largest absolute Gasteiger partial charge is 0.391 e. The number of H-pyrrole nitrogens is 1. The van der Waals surface area contributed by atoms with Gasteiger partial charge in [0.2, 0.25) is 0 Å². The first-order valence-corrected chi connectivity index (χ1v) is 4.12. The second kappa shape index (κ2) is 4.73. The molecule has 6 heteroatoms. The van der Waals surface area contributed by atoms with Crippen molar-refractivity contribution < 1.29 is 9.84 Å². The lowest BCUT2D eigenvalue weighted by atomic mass is 10.3. The van der Waals surface area contributed by atoms with Crippen molar-refractivity contribution in [2.75, 3.05) is 13.7 Å². The lowest BCUT2D eigenvalue weighted by molar-refractivity contribution is 0.184.